The number of benzene rings is 1. The third kappa shape index (κ3) is 4.22. The van der Waals surface area contributed by atoms with Crippen molar-refractivity contribution in [1.29, 1.82) is 0 Å². The molecule has 24 heavy (non-hydrogen) atoms. The van der Waals surface area contributed by atoms with E-state index in [0.717, 1.165) is 50.5 Å². The molecular formula is C20H32N4. The zero-order valence-corrected chi connectivity index (χ0v) is 15.4. The Hall–Kier alpha value is -1.71. The van der Waals surface area contributed by atoms with Gasteiger partial charge in [0.2, 0.25) is 0 Å². The Labute approximate surface area is 146 Å². The Kier molecular flexibility index (Phi) is 5.64. The molecule has 0 saturated carbocycles. The first-order chi connectivity index (χ1) is 11.7. The zero-order chi connectivity index (χ0) is 16.9. The van der Waals surface area contributed by atoms with Gasteiger partial charge in [0.15, 0.2) is 5.96 Å². The molecule has 4 heteroatoms. The number of likely N-dealkylation sites (tertiary alicyclic amines) is 1. The van der Waals surface area contributed by atoms with Gasteiger partial charge >= 0.3 is 0 Å². The lowest BCUT2D eigenvalue weighted by atomic mass is 9.92. The number of guanidine groups is 1. The summed E-state index contributed by atoms with van der Waals surface area (Å²) in [4.78, 5) is 9.48. The standard InChI is InChI=1S/C20H32N4/c1-16-11-17(2)14-24(13-16)20(21-3)22-12-18-9-10-23(15-18)19-7-5-4-6-8-19/h4-8,16-18H,9-15H2,1-3H3,(H,21,22). The average Bonchev–Trinajstić information content (AvgIpc) is 3.04. The lowest BCUT2D eigenvalue weighted by molar-refractivity contribution is 0.208. The topological polar surface area (TPSA) is 30.9 Å². The van der Waals surface area contributed by atoms with Gasteiger partial charge in [-0.2, -0.15) is 0 Å². The molecule has 2 aliphatic heterocycles. The van der Waals surface area contributed by atoms with Crippen LogP contribution < -0.4 is 10.2 Å². The van der Waals surface area contributed by atoms with E-state index in [1.165, 1.54) is 18.5 Å². The molecule has 0 radical (unpaired) electrons. The van der Waals surface area contributed by atoms with E-state index < -0.39 is 0 Å². The fourth-order valence-electron chi connectivity index (χ4n) is 4.28. The van der Waals surface area contributed by atoms with Gasteiger partial charge in [-0.25, -0.2) is 0 Å². The van der Waals surface area contributed by atoms with Crippen molar-refractivity contribution >= 4 is 11.6 Å². The van der Waals surface area contributed by atoms with Gasteiger partial charge in [-0.05, 0) is 42.7 Å². The molecule has 0 aromatic heterocycles. The molecule has 1 aromatic carbocycles. The fraction of sp³-hybridized carbons (Fsp3) is 0.650. The molecule has 1 N–H and O–H groups in total. The highest BCUT2D eigenvalue weighted by atomic mass is 15.3. The number of aliphatic imine (C=N–C) groups is 1. The average molecular weight is 329 g/mol. The largest absolute Gasteiger partial charge is 0.371 e. The van der Waals surface area contributed by atoms with Gasteiger partial charge in [-0.1, -0.05) is 32.0 Å². The quantitative estimate of drug-likeness (QED) is 0.683. The number of rotatable bonds is 3. The molecule has 2 saturated heterocycles. The van der Waals surface area contributed by atoms with E-state index in [4.69, 9.17) is 0 Å². The Balaban J connectivity index is 1.50. The molecular weight excluding hydrogens is 296 g/mol. The smallest absolute Gasteiger partial charge is 0.193 e. The normalized spacial score (nSPS) is 28.3. The minimum atomic E-state index is 0.696. The SMILES string of the molecule is CN=C(NCC1CCN(c2ccccc2)C1)N1CC(C)CC(C)C1. The number of anilines is 1. The Morgan fingerprint density at radius 1 is 1.12 bits per heavy atom. The van der Waals surface area contributed by atoms with E-state index in [-0.39, 0.29) is 0 Å². The second-order valence-electron chi connectivity index (χ2n) is 7.72. The highest BCUT2D eigenvalue weighted by Gasteiger charge is 2.26. The van der Waals surface area contributed by atoms with Crippen LogP contribution in [0.15, 0.2) is 35.3 Å². The summed E-state index contributed by atoms with van der Waals surface area (Å²) in [7, 11) is 1.91. The molecule has 3 rings (SSSR count). The molecule has 4 nitrogen and oxygen atoms in total. The van der Waals surface area contributed by atoms with Gasteiger partial charge in [0.25, 0.3) is 0 Å². The third-order valence-corrected chi connectivity index (χ3v) is 5.34. The van der Waals surface area contributed by atoms with Crippen LogP contribution in [0.3, 0.4) is 0 Å². The van der Waals surface area contributed by atoms with E-state index in [1.807, 2.05) is 7.05 Å². The monoisotopic (exact) mass is 328 g/mol. The summed E-state index contributed by atoms with van der Waals surface area (Å²) >= 11 is 0. The molecule has 3 atom stereocenters. The van der Waals surface area contributed by atoms with Crippen molar-refractivity contribution in [3.63, 3.8) is 0 Å². The van der Waals surface area contributed by atoms with Crippen molar-refractivity contribution in [1.82, 2.24) is 10.2 Å². The number of nitrogens with one attached hydrogen (secondary N) is 1. The fourth-order valence-corrected chi connectivity index (χ4v) is 4.28. The molecule has 0 aliphatic carbocycles. The summed E-state index contributed by atoms with van der Waals surface area (Å²) in [5, 5.41) is 3.64. The third-order valence-electron chi connectivity index (χ3n) is 5.34. The van der Waals surface area contributed by atoms with Crippen molar-refractivity contribution in [2.45, 2.75) is 26.7 Å². The van der Waals surface area contributed by atoms with Crippen molar-refractivity contribution in [2.24, 2.45) is 22.7 Å². The Morgan fingerprint density at radius 3 is 2.50 bits per heavy atom. The molecule has 1 aromatic rings. The van der Waals surface area contributed by atoms with Crippen LogP contribution in [-0.2, 0) is 0 Å². The van der Waals surface area contributed by atoms with Gasteiger partial charge in [-0.15, -0.1) is 0 Å². The van der Waals surface area contributed by atoms with Crippen LogP contribution in [0.5, 0.6) is 0 Å². The predicted molar refractivity (Wildman–Crippen MR) is 103 cm³/mol. The van der Waals surface area contributed by atoms with Gasteiger partial charge in [0, 0.05) is 45.5 Å². The van der Waals surface area contributed by atoms with Crippen LogP contribution in [0.1, 0.15) is 26.7 Å². The van der Waals surface area contributed by atoms with E-state index in [9.17, 15) is 0 Å². The first-order valence-electron chi connectivity index (χ1n) is 9.41. The number of hydrogen-bond donors (Lipinski definition) is 1. The Bertz CT molecular complexity index is 532. The molecule has 3 unspecified atom stereocenters. The molecule has 0 spiro atoms. The number of nitrogens with zero attached hydrogens (tertiary/aromatic N) is 3. The molecule has 2 heterocycles. The summed E-state index contributed by atoms with van der Waals surface area (Å²) in [6, 6.07) is 10.8. The molecule has 132 valence electrons. The predicted octanol–water partition coefficient (Wildman–Crippen LogP) is 3.07. The van der Waals surface area contributed by atoms with Crippen molar-refractivity contribution in [3.05, 3.63) is 30.3 Å². The maximum absolute atomic E-state index is 4.54. The lowest BCUT2D eigenvalue weighted by Crippen LogP contribution is -2.49. The Morgan fingerprint density at radius 2 is 1.83 bits per heavy atom. The maximum Gasteiger partial charge on any atom is 0.193 e. The molecule has 2 fully saturated rings. The minimum Gasteiger partial charge on any atom is -0.371 e. The van der Waals surface area contributed by atoms with Gasteiger partial charge in [0.05, 0.1) is 0 Å². The van der Waals surface area contributed by atoms with Crippen LogP contribution in [0.2, 0.25) is 0 Å². The second-order valence-corrected chi connectivity index (χ2v) is 7.72. The lowest BCUT2D eigenvalue weighted by Gasteiger charge is -2.37. The number of para-hydroxylation sites is 1. The molecule has 0 amide bonds. The van der Waals surface area contributed by atoms with Crippen molar-refractivity contribution in [2.75, 3.05) is 44.7 Å². The number of hydrogen-bond acceptors (Lipinski definition) is 2. The van der Waals surface area contributed by atoms with Crippen LogP contribution in [0.4, 0.5) is 5.69 Å². The summed E-state index contributed by atoms with van der Waals surface area (Å²) < 4.78 is 0. The zero-order valence-electron chi connectivity index (χ0n) is 15.4. The second kappa shape index (κ2) is 7.91. The van der Waals surface area contributed by atoms with Crippen molar-refractivity contribution < 1.29 is 0 Å². The van der Waals surface area contributed by atoms with E-state index in [1.54, 1.807) is 0 Å². The highest BCUT2D eigenvalue weighted by molar-refractivity contribution is 5.80. The number of piperidine rings is 1. The van der Waals surface area contributed by atoms with Gasteiger partial charge in [-0.3, -0.25) is 4.99 Å². The van der Waals surface area contributed by atoms with Gasteiger partial charge < -0.3 is 15.1 Å². The summed E-state index contributed by atoms with van der Waals surface area (Å²) in [5.41, 5.74) is 1.35. The van der Waals surface area contributed by atoms with Gasteiger partial charge in [0.1, 0.15) is 0 Å². The maximum atomic E-state index is 4.54. The summed E-state index contributed by atoms with van der Waals surface area (Å²) in [6.45, 7) is 10.3. The first-order valence-corrected chi connectivity index (χ1v) is 9.41. The minimum absolute atomic E-state index is 0.696. The summed E-state index contributed by atoms with van der Waals surface area (Å²) in [5.74, 6) is 3.30. The van der Waals surface area contributed by atoms with Crippen LogP contribution in [-0.4, -0.2) is 50.6 Å². The van der Waals surface area contributed by atoms with E-state index in [2.05, 4.69) is 64.3 Å². The highest BCUT2D eigenvalue weighted by Crippen LogP contribution is 2.24. The van der Waals surface area contributed by atoms with Crippen molar-refractivity contribution in [3.8, 4) is 0 Å². The summed E-state index contributed by atoms with van der Waals surface area (Å²) in [6.07, 6.45) is 2.59. The van der Waals surface area contributed by atoms with Crippen LogP contribution >= 0.6 is 0 Å². The molecule has 0 bridgehead atoms. The van der Waals surface area contributed by atoms with E-state index in [0.29, 0.717) is 5.92 Å². The van der Waals surface area contributed by atoms with E-state index >= 15 is 0 Å². The van der Waals surface area contributed by atoms with Crippen LogP contribution in [0.25, 0.3) is 0 Å². The molecule has 2 aliphatic rings. The first kappa shape index (κ1) is 17.1. The van der Waals surface area contributed by atoms with Crippen LogP contribution in [0, 0.1) is 17.8 Å².